The first-order valence-corrected chi connectivity index (χ1v) is 10.5. The minimum atomic E-state index is -0.0282. The van der Waals surface area contributed by atoms with Crippen LogP contribution >= 0.6 is 0 Å². The first kappa shape index (κ1) is 23.2. The molecular formula is C26H30N2O4. The van der Waals surface area contributed by atoms with Gasteiger partial charge in [-0.2, -0.15) is 0 Å². The second-order valence-corrected chi connectivity index (χ2v) is 7.44. The van der Waals surface area contributed by atoms with Gasteiger partial charge in [-0.05, 0) is 24.7 Å². The van der Waals surface area contributed by atoms with Gasteiger partial charge >= 0.3 is 0 Å². The van der Waals surface area contributed by atoms with E-state index in [1.807, 2.05) is 73.8 Å². The highest BCUT2D eigenvalue weighted by Crippen LogP contribution is 2.40. The number of hydrogen-bond acceptors (Lipinski definition) is 5. The summed E-state index contributed by atoms with van der Waals surface area (Å²) >= 11 is 0. The summed E-state index contributed by atoms with van der Waals surface area (Å²) in [5.41, 5.74) is 3.85. The molecular weight excluding hydrogens is 404 g/mol. The molecule has 0 radical (unpaired) electrons. The van der Waals surface area contributed by atoms with Crippen LogP contribution < -0.4 is 19.5 Å². The largest absolute Gasteiger partial charge is 0.493 e. The summed E-state index contributed by atoms with van der Waals surface area (Å²) in [6, 6.07) is 21.7. The van der Waals surface area contributed by atoms with Crippen LogP contribution in [0.1, 0.15) is 12.0 Å². The van der Waals surface area contributed by atoms with Crippen molar-refractivity contribution < 1.29 is 19.0 Å². The zero-order chi connectivity index (χ0) is 22.9. The van der Waals surface area contributed by atoms with Gasteiger partial charge in [0.15, 0.2) is 11.5 Å². The third-order valence-electron chi connectivity index (χ3n) is 5.23. The number of nitrogens with zero attached hydrogens (tertiary/aromatic N) is 1. The molecule has 6 nitrogen and oxygen atoms in total. The Morgan fingerprint density at radius 1 is 0.844 bits per heavy atom. The van der Waals surface area contributed by atoms with E-state index < -0.39 is 0 Å². The minimum absolute atomic E-state index is 0.0282. The maximum Gasteiger partial charge on any atom is 0.225 e. The number of ether oxygens (including phenoxy) is 3. The van der Waals surface area contributed by atoms with Crippen molar-refractivity contribution in [2.75, 3.05) is 40.2 Å². The second-order valence-electron chi connectivity index (χ2n) is 7.44. The van der Waals surface area contributed by atoms with Crippen molar-refractivity contribution in [2.45, 2.75) is 13.0 Å². The van der Waals surface area contributed by atoms with Gasteiger partial charge in [0.05, 0.1) is 21.3 Å². The van der Waals surface area contributed by atoms with Crippen LogP contribution in [-0.2, 0) is 11.3 Å². The molecule has 0 bridgehead atoms. The molecule has 3 aromatic rings. The Morgan fingerprint density at radius 2 is 1.53 bits per heavy atom. The number of nitrogens with one attached hydrogen (secondary N) is 1. The monoisotopic (exact) mass is 434 g/mol. The standard InChI is InChI=1S/C26H30N2O4/c1-28(18-20-14-15-23(30-2)26(32-4)25(20)31-3)17-16-24(29)27-22-13-9-8-12-21(22)19-10-6-5-7-11-19/h5-15H,16-18H2,1-4H3,(H,27,29). The number of para-hydroxylation sites is 1. The Labute approximate surface area is 189 Å². The molecule has 0 aromatic heterocycles. The molecule has 3 rings (SSSR count). The van der Waals surface area contributed by atoms with Crippen LogP contribution in [0.2, 0.25) is 0 Å². The molecule has 0 aliphatic heterocycles. The summed E-state index contributed by atoms with van der Waals surface area (Å²) in [6.07, 6.45) is 0.370. The molecule has 1 N–H and O–H groups in total. The predicted octanol–water partition coefficient (Wildman–Crippen LogP) is 4.84. The fraction of sp³-hybridized carbons (Fsp3) is 0.269. The third-order valence-corrected chi connectivity index (χ3v) is 5.23. The van der Waals surface area contributed by atoms with Gasteiger partial charge in [-0.3, -0.25) is 4.79 Å². The number of carbonyl (C=O) groups is 1. The van der Waals surface area contributed by atoms with Crippen molar-refractivity contribution in [1.82, 2.24) is 4.90 Å². The van der Waals surface area contributed by atoms with Gasteiger partial charge in [-0.15, -0.1) is 0 Å². The maximum absolute atomic E-state index is 12.7. The summed E-state index contributed by atoms with van der Waals surface area (Å²) in [6.45, 7) is 1.20. The third kappa shape index (κ3) is 5.59. The van der Waals surface area contributed by atoms with Crippen LogP contribution in [0.25, 0.3) is 11.1 Å². The summed E-state index contributed by atoms with van der Waals surface area (Å²) in [5.74, 6) is 1.79. The first-order valence-electron chi connectivity index (χ1n) is 10.5. The van der Waals surface area contributed by atoms with E-state index in [-0.39, 0.29) is 5.91 Å². The Balaban J connectivity index is 1.62. The van der Waals surface area contributed by atoms with E-state index in [0.717, 1.165) is 22.4 Å². The molecule has 0 aliphatic carbocycles. The molecule has 0 saturated heterocycles. The van der Waals surface area contributed by atoms with E-state index in [0.29, 0.717) is 36.8 Å². The topological polar surface area (TPSA) is 60.0 Å². The lowest BCUT2D eigenvalue weighted by atomic mass is 10.0. The molecule has 0 fully saturated rings. The van der Waals surface area contributed by atoms with Crippen molar-refractivity contribution >= 4 is 11.6 Å². The van der Waals surface area contributed by atoms with Crippen LogP contribution in [0.4, 0.5) is 5.69 Å². The van der Waals surface area contributed by atoms with Gasteiger partial charge in [0.25, 0.3) is 0 Å². The summed E-state index contributed by atoms with van der Waals surface area (Å²) in [5, 5.41) is 3.06. The zero-order valence-electron chi connectivity index (χ0n) is 19.1. The van der Waals surface area contributed by atoms with Gasteiger partial charge in [0.1, 0.15) is 0 Å². The molecule has 6 heteroatoms. The number of methoxy groups -OCH3 is 3. The van der Waals surface area contributed by atoms with Crippen LogP contribution in [0.15, 0.2) is 66.7 Å². The van der Waals surface area contributed by atoms with Crippen molar-refractivity contribution in [1.29, 1.82) is 0 Å². The van der Waals surface area contributed by atoms with E-state index in [4.69, 9.17) is 14.2 Å². The van der Waals surface area contributed by atoms with Crippen LogP contribution in [-0.4, -0.2) is 45.7 Å². The lowest BCUT2D eigenvalue weighted by Gasteiger charge is -2.20. The molecule has 1 amide bonds. The molecule has 0 spiro atoms. The molecule has 0 aliphatic rings. The lowest BCUT2D eigenvalue weighted by Crippen LogP contribution is -2.24. The van der Waals surface area contributed by atoms with Gasteiger partial charge in [0.2, 0.25) is 11.7 Å². The SMILES string of the molecule is COc1ccc(CN(C)CCC(=O)Nc2ccccc2-c2ccccc2)c(OC)c1OC. The Kier molecular flexibility index (Phi) is 8.11. The molecule has 0 saturated carbocycles. The van der Waals surface area contributed by atoms with Gasteiger partial charge in [0, 0.05) is 36.3 Å². The molecule has 32 heavy (non-hydrogen) atoms. The molecule has 3 aromatic carbocycles. The average molecular weight is 435 g/mol. The van der Waals surface area contributed by atoms with Crippen molar-refractivity contribution in [3.05, 3.63) is 72.3 Å². The number of rotatable bonds is 10. The highest BCUT2D eigenvalue weighted by atomic mass is 16.5. The highest BCUT2D eigenvalue weighted by Gasteiger charge is 2.17. The average Bonchev–Trinajstić information content (AvgIpc) is 2.83. The van der Waals surface area contributed by atoms with Gasteiger partial charge in [-0.25, -0.2) is 0 Å². The number of benzene rings is 3. The number of hydrogen-bond donors (Lipinski definition) is 1. The smallest absolute Gasteiger partial charge is 0.225 e. The Morgan fingerprint density at radius 3 is 2.22 bits per heavy atom. The number of carbonyl (C=O) groups excluding carboxylic acids is 1. The van der Waals surface area contributed by atoms with Crippen molar-refractivity contribution in [3.8, 4) is 28.4 Å². The van der Waals surface area contributed by atoms with E-state index in [1.54, 1.807) is 21.3 Å². The fourth-order valence-corrected chi connectivity index (χ4v) is 3.62. The summed E-state index contributed by atoms with van der Waals surface area (Å²) in [7, 11) is 6.77. The van der Waals surface area contributed by atoms with E-state index in [9.17, 15) is 4.79 Å². The highest BCUT2D eigenvalue weighted by molar-refractivity contribution is 5.95. The molecule has 0 heterocycles. The zero-order valence-corrected chi connectivity index (χ0v) is 19.1. The Bertz CT molecular complexity index is 1040. The maximum atomic E-state index is 12.7. The summed E-state index contributed by atoms with van der Waals surface area (Å²) < 4.78 is 16.4. The van der Waals surface area contributed by atoms with Crippen LogP contribution in [0.5, 0.6) is 17.2 Å². The number of amides is 1. The van der Waals surface area contributed by atoms with E-state index in [2.05, 4.69) is 10.2 Å². The molecule has 0 unspecified atom stereocenters. The van der Waals surface area contributed by atoms with Gasteiger partial charge < -0.3 is 24.4 Å². The van der Waals surface area contributed by atoms with E-state index >= 15 is 0 Å². The van der Waals surface area contributed by atoms with Crippen molar-refractivity contribution in [2.24, 2.45) is 0 Å². The molecule has 0 atom stereocenters. The first-order chi connectivity index (χ1) is 15.6. The lowest BCUT2D eigenvalue weighted by molar-refractivity contribution is -0.116. The second kappa shape index (κ2) is 11.2. The quantitative estimate of drug-likeness (QED) is 0.495. The van der Waals surface area contributed by atoms with Crippen LogP contribution in [0, 0.1) is 0 Å². The fourth-order valence-electron chi connectivity index (χ4n) is 3.62. The van der Waals surface area contributed by atoms with Gasteiger partial charge in [-0.1, -0.05) is 54.6 Å². The van der Waals surface area contributed by atoms with Crippen molar-refractivity contribution in [3.63, 3.8) is 0 Å². The van der Waals surface area contributed by atoms with Crippen LogP contribution in [0.3, 0.4) is 0 Å². The van der Waals surface area contributed by atoms with E-state index in [1.165, 1.54) is 0 Å². The minimum Gasteiger partial charge on any atom is -0.493 e. The Hall–Kier alpha value is -3.51. The summed E-state index contributed by atoms with van der Waals surface area (Å²) in [4.78, 5) is 14.7. The molecule has 168 valence electrons. The normalized spacial score (nSPS) is 10.7. The predicted molar refractivity (Wildman–Crippen MR) is 128 cm³/mol. The number of anilines is 1.